The smallest absolute Gasteiger partial charge is 0.276 e. The van der Waals surface area contributed by atoms with Crippen molar-refractivity contribution in [3.05, 3.63) is 64.9 Å². The van der Waals surface area contributed by atoms with Gasteiger partial charge in [0.05, 0.1) is 7.11 Å². The predicted octanol–water partition coefficient (Wildman–Crippen LogP) is 2.78. The van der Waals surface area contributed by atoms with Gasteiger partial charge in [0, 0.05) is 12.6 Å². The zero-order valence-corrected chi connectivity index (χ0v) is 13.2. The maximum Gasteiger partial charge on any atom is 0.276 e. The van der Waals surface area contributed by atoms with Crippen LogP contribution < -0.4 is 10.1 Å². The van der Waals surface area contributed by atoms with Gasteiger partial charge in [-0.3, -0.25) is 15.1 Å². The Kier molecular flexibility index (Phi) is 4.58. The molecule has 0 fully saturated rings. The number of nitrogens with zero attached hydrogens (tertiary/aromatic N) is 3. The van der Waals surface area contributed by atoms with E-state index >= 15 is 0 Å². The summed E-state index contributed by atoms with van der Waals surface area (Å²) in [5.41, 5.74) is 1.45. The number of carbonyl (C=O) groups excluding carboxylic acids is 1. The van der Waals surface area contributed by atoms with Gasteiger partial charge in [-0.15, -0.1) is 10.2 Å². The van der Waals surface area contributed by atoms with Crippen LogP contribution >= 0.6 is 11.3 Å². The quantitative estimate of drug-likeness (QED) is 0.780. The summed E-state index contributed by atoms with van der Waals surface area (Å²) in [5, 5.41) is 12.1. The molecule has 0 spiro atoms. The zero-order valence-electron chi connectivity index (χ0n) is 12.4. The van der Waals surface area contributed by atoms with Crippen molar-refractivity contribution in [1.82, 2.24) is 15.2 Å². The number of anilines is 1. The van der Waals surface area contributed by atoms with Gasteiger partial charge in [-0.25, -0.2) is 0 Å². The highest BCUT2D eigenvalue weighted by molar-refractivity contribution is 7.15. The standard InChI is InChI=1S/C16H14N4O2S/c1-22-12-7-5-11(6-8-12)10-14-19-20-16(23-14)18-15(21)13-4-2-3-9-17-13/h2-9H,10H2,1H3,(H,18,20,21). The van der Waals surface area contributed by atoms with Crippen molar-refractivity contribution in [1.29, 1.82) is 0 Å². The van der Waals surface area contributed by atoms with Crippen molar-refractivity contribution in [3.63, 3.8) is 0 Å². The van der Waals surface area contributed by atoms with Gasteiger partial charge >= 0.3 is 0 Å². The summed E-state index contributed by atoms with van der Waals surface area (Å²) >= 11 is 1.35. The maximum absolute atomic E-state index is 12.0. The highest BCUT2D eigenvalue weighted by Crippen LogP contribution is 2.20. The summed E-state index contributed by atoms with van der Waals surface area (Å²) in [6.45, 7) is 0. The molecule has 0 aliphatic carbocycles. The van der Waals surface area contributed by atoms with Gasteiger partial charge in [0.15, 0.2) is 0 Å². The first-order chi connectivity index (χ1) is 11.2. The van der Waals surface area contributed by atoms with Gasteiger partial charge in [0.1, 0.15) is 16.5 Å². The molecule has 0 radical (unpaired) electrons. The largest absolute Gasteiger partial charge is 0.497 e. The molecule has 0 bridgehead atoms. The Balaban J connectivity index is 1.64. The second-order valence-corrected chi connectivity index (χ2v) is 5.76. The second-order valence-electron chi connectivity index (χ2n) is 4.69. The number of ether oxygens (including phenoxy) is 1. The van der Waals surface area contributed by atoms with Gasteiger partial charge < -0.3 is 4.74 Å². The first-order valence-corrected chi connectivity index (χ1v) is 7.74. The summed E-state index contributed by atoms with van der Waals surface area (Å²) in [5.74, 6) is 0.520. The van der Waals surface area contributed by atoms with E-state index in [4.69, 9.17) is 4.74 Å². The normalized spacial score (nSPS) is 10.3. The van der Waals surface area contributed by atoms with E-state index in [1.165, 1.54) is 11.3 Å². The third-order valence-corrected chi connectivity index (χ3v) is 3.94. The molecule has 0 saturated heterocycles. The summed E-state index contributed by atoms with van der Waals surface area (Å²) in [6.07, 6.45) is 2.23. The molecule has 3 rings (SSSR count). The molecule has 0 unspecified atom stereocenters. The van der Waals surface area contributed by atoms with Crippen LogP contribution in [0.2, 0.25) is 0 Å². The Morgan fingerprint density at radius 2 is 2.00 bits per heavy atom. The molecule has 1 N–H and O–H groups in total. The SMILES string of the molecule is COc1ccc(Cc2nnc(NC(=O)c3ccccn3)s2)cc1. The lowest BCUT2D eigenvalue weighted by Crippen LogP contribution is -2.13. The topological polar surface area (TPSA) is 77.0 Å². The van der Waals surface area contributed by atoms with E-state index in [1.54, 1.807) is 31.5 Å². The Morgan fingerprint density at radius 1 is 1.17 bits per heavy atom. The molecule has 1 aromatic carbocycles. The molecular weight excluding hydrogens is 312 g/mol. The van der Waals surface area contributed by atoms with Crippen LogP contribution in [-0.2, 0) is 6.42 Å². The fourth-order valence-electron chi connectivity index (χ4n) is 1.95. The molecule has 6 nitrogen and oxygen atoms in total. The van der Waals surface area contributed by atoms with Crippen LogP contribution in [0.5, 0.6) is 5.75 Å². The van der Waals surface area contributed by atoms with Crippen molar-refractivity contribution in [2.75, 3.05) is 12.4 Å². The first kappa shape index (κ1) is 15.1. The highest BCUT2D eigenvalue weighted by Gasteiger charge is 2.11. The van der Waals surface area contributed by atoms with E-state index in [-0.39, 0.29) is 5.91 Å². The summed E-state index contributed by atoms with van der Waals surface area (Å²) < 4.78 is 5.13. The minimum atomic E-state index is -0.294. The molecule has 0 aliphatic rings. The fraction of sp³-hybridized carbons (Fsp3) is 0.125. The number of rotatable bonds is 5. The highest BCUT2D eigenvalue weighted by atomic mass is 32.1. The molecule has 3 aromatic rings. The number of aromatic nitrogens is 3. The van der Waals surface area contributed by atoms with Gasteiger partial charge in [-0.1, -0.05) is 29.5 Å². The molecule has 1 amide bonds. The van der Waals surface area contributed by atoms with Crippen molar-refractivity contribution in [2.45, 2.75) is 6.42 Å². The van der Waals surface area contributed by atoms with E-state index in [0.717, 1.165) is 16.3 Å². The number of carbonyl (C=O) groups is 1. The molecule has 0 saturated carbocycles. The van der Waals surface area contributed by atoms with Crippen molar-refractivity contribution in [2.24, 2.45) is 0 Å². The predicted molar refractivity (Wildman–Crippen MR) is 87.9 cm³/mol. The monoisotopic (exact) mass is 326 g/mol. The molecule has 23 heavy (non-hydrogen) atoms. The molecule has 2 heterocycles. The van der Waals surface area contributed by atoms with Gasteiger partial charge in [0.25, 0.3) is 5.91 Å². The molecule has 2 aromatic heterocycles. The van der Waals surface area contributed by atoms with Crippen molar-refractivity contribution in [3.8, 4) is 5.75 Å². The number of pyridine rings is 1. The molecule has 7 heteroatoms. The van der Waals surface area contributed by atoms with E-state index in [9.17, 15) is 4.79 Å². The van der Waals surface area contributed by atoms with Crippen LogP contribution in [-0.4, -0.2) is 28.2 Å². The number of nitrogens with one attached hydrogen (secondary N) is 1. The van der Waals surface area contributed by atoms with Crippen LogP contribution in [0, 0.1) is 0 Å². The van der Waals surface area contributed by atoms with Crippen molar-refractivity contribution >= 4 is 22.4 Å². The molecular formula is C16H14N4O2S. The number of hydrogen-bond donors (Lipinski definition) is 1. The second kappa shape index (κ2) is 6.97. The first-order valence-electron chi connectivity index (χ1n) is 6.92. The van der Waals surface area contributed by atoms with E-state index in [2.05, 4.69) is 20.5 Å². The third-order valence-electron chi connectivity index (χ3n) is 3.10. The van der Waals surface area contributed by atoms with E-state index in [1.807, 2.05) is 24.3 Å². The summed E-state index contributed by atoms with van der Waals surface area (Å²) in [4.78, 5) is 16.0. The number of amides is 1. The Morgan fingerprint density at radius 3 is 2.70 bits per heavy atom. The van der Waals surface area contributed by atoms with Crippen LogP contribution in [0.25, 0.3) is 0 Å². The lowest BCUT2D eigenvalue weighted by molar-refractivity contribution is 0.102. The van der Waals surface area contributed by atoms with Gasteiger partial charge in [-0.2, -0.15) is 0 Å². The van der Waals surface area contributed by atoms with E-state index in [0.29, 0.717) is 17.2 Å². The summed E-state index contributed by atoms with van der Waals surface area (Å²) in [6, 6.07) is 12.9. The minimum absolute atomic E-state index is 0.294. The molecule has 0 atom stereocenters. The summed E-state index contributed by atoms with van der Waals surface area (Å²) in [7, 11) is 1.64. The number of hydrogen-bond acceptors (Lipinski definition) is 6. The Bertz CT molecular complexity index is 787. The van der Waals surface area contributed by atoms with Crippen LogP contribution in [0.4, 0.5) is 5.13 Å². The average Bonchev–Trinajstić information content (AvgIpc) is 3.03. The lowest BCUT2D eigenvalue weighted by Gasteiger charge is -2.01. The molecule has 0 aliphatic heterocycles. The fourth-order valence-corrected chi connectivity index (χ4v) is 2.72. The third kappa shape index (κ3) is 3.89. The zero-order chi connectivity index (χ0) is 16.1. The Hall–Kier alpha value is -2.80. The maximum atomic E-state index is 12.0. The van der Waals surface area contributed by atoms with E-state index < -0.39 is 0 Å². The van der Waals surface area contributed by atoms with Gasteiger partial charge in [-0.05, 0) is 29.8 Å². The van der Waals surface area contributed by atoms with Crippen LogP contribution in [0.1, 0.15) is 21.1 Å². The number of benzene rings is 1. The Labute approximate surface area is 137 Å². The van der Waals surface area contributed by atoms with Crippen LogP contribution in [0.15, 0.2) is 48.7 Å². The van der Waals surface area contributed by atoms with Crippen molar-refractivity contribution < 1.29 is 9.53 Å². The number of methoxy groups -OCH3 is 1. The average molecular weight is 326 g/mol. The lowest BCUT2D eigenvalue weighted by atomic mass is 10.1. The van der Waals surface area contributed by atoms with Crippen LogP contribution in [0.3, 0.4) is 0 Å². The van der Waals surface area contributed by atoms with Gasteiger partial charge in [0.2, 0.25) is 5.13 Å². The minimum Gasteiger partial charge on any atom is -0.497 e. The molecule has 116 valence electrons.